The van der Waals surface area contributed by atoms with Crippen LogP contribution in [-0.4, -0.2) is 39.4 Å². The van der Waals surface area contributed by atoms with Crippen LogP contribution in [0.1, 0.15) is 126 Å². The maximum atomic E-state index is 6.75. The van der Waals surface area contributed by atoms with Crippen LogP contribution in [0, 0.1) is 17.8 Å². The van der Waals surface area contributed by atoms with Crippen LogP contribution in [0.5, 0.6) is 0 Å². The number of unbranched alkanes of at least 4 members (excludes halogenated alkanes) is 5. The first-order valence-corrected chi connectivity index (χ1v) is 19.0. The molecule has 0 amide bonds. The van der Waals surface area contributed by atoms with Gasteiger partial charge in [-0.2, -0.15) is 0 Å². The van der Waals surface area contributed by atoms with E-state index in [0.717, 1.165) is 24.3 Å². The van der Waals surface area contributed by atoms with E-state index < -0.39 is 19.6 Å². The average Bonchev–Trinajstić information content (AvgIpc) is 2.78. The van der Waals surface area contributed by atoms with Crippen LogP contribution in [0.3, 0.4) is 0 Å². The van der Waals surface area contributed by atoms with Gasteiger partial charge in [-0.3, -0.25) is 0 Å². The Balaban J connectivity index is 5.22. The van der Waals surface area contributed by atoms with Crippen LogP contribution in [0.25, 0.3) is 0 Å². The van der Waals surface area contributed by atoms with Crippen molar-refractivity contribution in [2.45, 2.75) is 130 Å². The van der Waals surface area contributed by atoms with Crippen molar-refractivity contribution in [3.63, 3.8) is 0 Å². The SMILES string of the molecule is CCCCCCC[CH2][Sn]([O]CC(CC)CC)([O]CC(CC)CC)[O]CC(CC)CC. The maximum absolute atomic E-state index is 6.75. The molecule has 0 rings (SSSR count). The molecule has 0 N–H and O–H groups in total. The molecule has 182 valence electrons. The van der Waals surface area contributed by atoms with Gasteiger partial charge in [0.25, 0.3) is 0 Å². The molecule has 0 aromatic rings. The molecule has 0 bridgehead atoms. The van der Waals surface area contributed by atoms with Gasteiger partial charge in [-0.1, -0.05) is 0 Å². The third kappa shape index (κ3) is 14.0. The van der Waals surface area contributed by atoms with E-state index in [2.05, 4.69) is 48.5 Å². The molecule has 0 aromatic carbocycles. The topological polar surface area (TPSA) is 27.7 Å². The van der Waals surface area contributed by atoms with Crippen molar-refractivity contribution in [2.75, 3.05) is 19.8 Å². The van der Waals surface area contributed by atoms with Gasteiger partial charge in [-0.05, 0) is 0 Å². The Morgan fingerprint density at radius 2 is 0.800 bits per heavy atom. The van der Waals surface area contributed by atoms with Gasteiger partial charge in [-0.25, -0.2) is 0 Å². The summed E-state index contributed by atoms with van der Waals surface area (Å²) in [6, 6.07) is 0. The van der Waals surface area contributed by atoms with Crippen molar-refractivity contribution in [1.82, 2.24) is 0 Å². The Morgan fingerprint density at radius 3 is 1.13 bits per heavy atom. The molecule has 0 aliphatic rings. The summed E-state index contributed by atoms with van der Waals surface area (Å²) < 4.78 is 21.3. The van der Waals surface area contributed by atoms with Gasteiger partial charge in [0.2, 0.25) is 0 Å². The normalized spacial score (nSPS) is 12.6. The van der Waals surface area contributed by atoms with Crippen LogP contribution in [-0.2, 0) is 9.22 Å². The van der Waals surface area contributed by atoms with Gasteiger partial charge < -0.3 is 0 Å². The fraction of sp³-hybridized carbons (Fsp3) is 1.00. The molecular formula is C26H56O3Sn. The molecule has 0 aliphatic carbocycles. The summed E-state index contributed by atoms with van der Waals surface area (Å²) in [5, 5.41) is 0. The fourth-order valence-corrected chi connectivity index (χ4v) is 11.9. The molecule has 0 radical (unpaired) electrons. The van der Waals surface area contributed by atoms with Gasteiger partial charge in [0.05, 0.1) is 0 Å². The fourth-order valence-electron chi connectivity index (χ4n) is 3.77. The number of hydrogen-bond acceptors (Lipinski definition) is 3. The molecule has 0 unspecified atom stereocenters. The molecule has 0 spiro atoms. The standard InChI is InChI=1S/C8H17.3C6H13O.Sn/c1-3-5-7-8-6-4-2;3*1-3-6(4-2)5-7;/h1,3-8H2,2H3;3*6H,3-5H2,1-2H3;/q;3*-1;+3. The van der Waals surface area contributed by atoms with Crippen LogP contribution >= 0.6 is 0 Å². The monoisotopic (exact) mass is 536 g/mol. The van der Waals surface area contributed by atoms with Gasteiger partial charge in [0, 0.05) is 0 Å². The Bertz CT molecular complexity index is 311. The summed E-state index contributed by atoms with van der Waals surface area (Å²) >= 11 is -3.57. The van der Waals surface area contributed by atoms with Crippen molar-refractivity contribution in [3.05, 3.63) is 0 Å². The molecule has 0 atom stereocenters. The van der Waals surface area contributed by atoms with E-state index in [0.29, 0.717) is 17.8 Å². The van der Waals surface area contributed by atoms with Gasteiger partial charge >= 0.3 is 196 Å². The van der Waals surface area contributed by atoms with E-state index in [1.807, 2.05) is 0 Å². The summed E-state index contributed by atoms with van der Waals surface area (Å²) in [6.07, 6.45) is 14.9. The first-order chi connectivity index (χ1) is 14.5. The molecule has 0 aromatic heterocycles. The predicted molar refractivity (Wildman–Crippen MR) is 134 cm³/mol. The molecule has 30 heavy (non-hydrogen) atoms. The third-order valence-electron chi connectivity index (χ3n) is 6.92. The Hall–Kier alpha value is 0.679. The van der Waals surface area contributed by atoms with E-state index in [4.69, 9.17) is 9.22 Å². The molecule has 0 fully saturated rings. The summed E-state index contributed by atoms with van der Waals surface area (Å²) in [4.78, 5) is 0. The first kappa shape index (κ1) is 30.7. The van der Waals surface area contributed by atoms with E-state index in [9.17, 15) is 0 Å². The summed E-state index contributed by atoms with van der Waals surface area (Å²) in [5.41, 5.74) is 0. The van der Waals surface area contributed by atoms with Crippen molar-refractivity contribution < 1.29 is 9.22 Å². The quantitative estimate of drug-likeness (QED) is 0.103. The Kier molecular flexibility index (Phi) is 20.8. The zero-order chi connectivity index (χ0) is 22.7. The molecule has 3 nitrogen and oxygen atoms in total. The summed E-state index contributed by atoms with van der Waals surface area (Å²) in [6.45, 7) is 18.4. The summed E-state index contributed by atoms with van der Waals surface area (Å²) in [5.74, 6) is 1.87. The van der Waals surface area contributed by atoms with Crippen LogP contribution in [0.4, 0.5) is 0 Å². The number of hydrogen-bond donors (Lipinski definition) is 0. The third-order valence-corrected chi connectivity index (χ3v) is 14.9. The van der Waals surface area contributed by atoms with E-state index >= 15 is 0 Å². The molecular weight excluding hydrogens is 479 g/mol. The molecule has 0 heterocycles. The van der Waals surface area contributed by atoms with Crippen LogP contribution < -0.4 is 0 Å². The van der Waals surface area contributed by atoms with Crippen molar-refractivity contribution in [1.29, 1.82) is 0 Å². The van der Waals surface area contributed by atoms with Crippen molar-refractivity contribution in [2.24, 2.45) is 17.8 Å². The van der Waals surface area contributed by atoms with Gasteiger partial charge in [0.1, 0.15) is 0 Å². The second-order valence-corrected chi connectivity index (χ2v) is 17.0. The Morgan fingerprint density at radius 1 is 0.467 bits per heavy atom. The predicted octanol–water partition coefficient (Wildman–Crippen LogP) is 8.64. The minimum absolute atomic E-state index is 0.624. The first-order valence-electron chi connectivity index (χ1n) is 13.5. The molecule has 0 saturated carbocycles. The van der Waals surface area contributed by atoms with E-state index in [-0.39, 0.29) is 0 Å². The van der Waals surface area contributed by atoms with Crippen molar-refractivity contribution in [3.8, 4) is 0 Å². The minimum atomic E-state index is -3.57. The van der Waals surface area contributed by atoms with E-state index in [1.165, 1.54) is 77.0 Å². The van der Waals surface area contributed by atoms with Gasteiger partial charge in [0.15, 0.2) is 0 Å². The zero-order valence-corrected chi connectivity index (χ0v) is 24.6. The molecule has 0 saturated heterocycles. The molecule has 0 aliphatic heterocycles. The molecule has 4 heteroatoms. The summed E-state index contributed by atoms with van der Waals surface area (Å²) in [7, 11) is 0. The average molecular weight is 535 g/mol. The van der Waals surface area contributed by atoms with Crippen LogP contribution in [0.2, 0.25) is 4.44 Å². The van der Waals surface area contributed by atoms with Crippen LogP contribution in [0.15, 0.2) is 0 Å². The Labute approximate surface area is 195 Å². The zero-order valence-electron chi connectivity index (χ0n) is 21.8. The second-order valence-electron chi connectivity index (χ2n) is 9.18. The van der Waals surface area contributed by atoms with E-state index in [1.54, 1.807) is 0 Å². The van der Waals surface area contributed by atoms with Gasteiger partial charge in [-0.15, -0.1) is 0 Å². The number of rotatable bonds is 22. The van der Waals surface area contributed by atoms with Crippen molar-refractivity contribution >= 4 is 19.6 Å². The second kappa shape index (κ2) is 20.3.